The van der Waals surface area contributed by atoms with Crippen molar-refractivity contribution < 1.29 is 9.18 Å². The summed E-state index contributed by atoms with van der Waals surface area (Å²) in [5, 5.41) is 6.31. The Kier molecular flexibility index (Phi) is 5.87. The van der Waals surface area contributed by atoms with Crippen LogP contribution >= 0.6 is 0 Å². The normalized spacial score (nSPS) is 31.3. The summed E-state index contributed by atoms with van der Waals surface area (Å²) in [5.74, 6) is -0.208. The molecule has 0 radical (unpaired) electrons. The maximum atomic E-state index is 13.1. The summed E-state index contributed by atoms with van der Waals surface area (Å²) < 4.78 is 13.1. The molecule has 4 atom stereocenters. The number of hydrogen-bond acceptors (Lipinski definition) is 5. The van der Waals surface area contributed by atoms with E-state index in [0.717, 1.165) is 57.3 Å². The molecule has 1 aliphatic carbocycles. The van der Waals surface area contributed by atoms with Gasteiger partial charge in [-0.25, -0.2) is 20.0 Å². The molecule has 148 valence electrons. The zero-order chi connectivity index (χ0) is 18.6. The Morgan fingerprint density at radius 3 is 2.81 bits per heavy atom. The molecule has 0 spiro atoms. The minimum atomic E-state index is -0.208. The van der Waals surface area contributed by atoms with Crippen LogP contribution in [0.15, 0.2) is 24.3 Å². The number of nitrogens with one attached hydrogen (secondary N) is 5. The molecule has 0 aromatic heterocycles. The zero-order valence-electron chi connectivity index (χ0n) is 15.5. The number of benzene rings is 1. The van der Waals surface area contributed by atoms with Crippen molar-refractivity contribution in [3.8, 4) is 0 Å². The van der Waals surface area contributed by atoms with Crippen LogP contribution in [0.3, 0.4) is 0 Å². The maximum Gasteiger partial charge on any atom is 0.315 e. The van der Waals surface area contributed by atoms with Crippen molar-refractivity contribution in [1.82, 2.24) is 31.9 Å². The van der Waals surface area contributed by atoms with Gasteiger partial charge in [-0.15, -0.1) is 0 Å². The average molecular weight is 376 g/mol. The van der Waals surface area contributed by atoms with E-state index in [1.54, 1.807) is 0 Å². The molecule has 1 aromatic rings. The monoisotopic (exact) mass is 376 g/mol. The Hall–Kier alpha value is -1.74. The lowest BCUT2D eigenvalue weighted by atomic mass is 9.87. The minimum absolute atomic E-state index is 0.0806. The number of nitrogens with zero attached hydrogens (tertiary/aromatic N) is 1. The number of likely N-dealkylation sites (tertiary alicyclic amines) is 1. The smallest absolute Gasteiger partial charge is 0.315 e. The van der Waals surface area contributed by atoms with E-state index in [-0.39, 0.29) is 30.0 Å². The molecule has 1 saturated carbocycles. The van der Waals surface area contributed by atoms with E-state index in [2.05, 4.69) is 31.9 Å². The van der Waals surface area contributed by atoms with Gasteiger partial charge in [0.25, 0.3) is 0 Å². The second kappa shape index (κ2) is 8.52. The van der Waals surface area contributed by atoms with E-state index >= 15 is 0 Å². The lowest BCUT2D eigenvalue weighted by Gasteiger charge is -2.35. The van der Waals surface area contributed by atoms with Gasteiger partial charge in [0.2, 0.25) is 0 Å². The van der Waals surface area contributed by atoms with Gasteiger partial charge < -0.3 is 10.6 Å². The molecule has 8 heteroatoms. The molecule has 4 rings (SSSR count). The summed E-state index contributed by atoms with van der Waals surface area (Å²) in [4.78, 5) is 14.8. The largest absolute Gasteiger partial charge is 0.334 e. The molecule has 27 heavy (non-hydrogen) atoms. The van der Waals surface area contributed by atoms with Gasteiger partial charge >= 0.3 is 6.03 Å². The molecule has 2 amide bonds. The van der Waals surface area contributed by atoms with E-state index in [0.29, 0.717) is 6.04 Å². The lowest BCUT2D eigenvalue weighted by Crippen LogP contribution is -2.58. The van der Waals surface area contributed by atoms with Crippen LogP contribution < -0.4 is 27.0 Å². The summed E-state index contributed by atoms with van der Waals surface area (Å²) in [5.41, 5.74) is 10.5. The van der Waals surface area contributed by atoms with Gasteiger partial charge in [0.1, 0.15) is 5.82 Å². The predicted molar refractivity (Wildman–Crippen MR) is 101 cm³/mol. The quantitative estimate of drug-likeness (QED) is 0.542. The number of halogens is 1. The fraction of sp³-hybridized carbons (Fsp3) is 0.632. The fourth-order valence-electron chi connectivity index (χ4n) is 4.50. The highest BCUT2D eigenvalue weighted by atomic mass is 19.1. The Morgan fingerprint density at radius 2 is 1.96 bits per heavy atom. The molecule has 2 heterocycles. The van der Waals surface area contributed by atoms with Crippen LogP contribution in [0.2, 0.25) is 0 Å². The van der Waals surface area contributed by atoms with Gasteiger partial charge in [-0.2, -0.15) is 5.53 Å². The maximum absolute atomic E-state index is 13.1. The molecule has 1 aromatic carbocycles. The number of hydrazine groups is 2. The summed E-state index contributed by atoms with van der Waals surface area (Å²) >= 11 is 0. The SMILES string of the molecule is O=C(NC1CCCN(Cc2ccc(F)cc2)C1)NC1CCCC2NNNC21. The van der Waals surface area contributed by atoms with Crippen LogP contribution in [0.1, 0.15) is 37.7 Å². The number of piperidine rings is 1. The number of carbonyl (C=O) groups excluding carboxylic acids is 1. The van der Waals surface area contributed by atoms with Crippen molar-refractivity contribution in [2.45, 2.75) is 62.8 Å². The highest BCUT2D eigenvalue weighted by Gasteiger charge is 2.37. The number of fused-ring (bicyclic) bond motifs is 1. The average Bonchev–Trinajstić information content (AvgIpc) is 3.14. The second-order valence-electron chi connectivity index (χ2n) is 7.90. The molecule has 7 nitrogen and oxygen atoms in total. The number of rotatable bonds is 4. The minimum Gasteiger partial charge on any atom is -0.334 e. The highest BCUT2D eigenvalue weighted by Crippen LogP contribution is 2.21. The highest BCUT2D eigenvalue weighted by molar-refractivity contribution is 5.74. The third-order valence-electron chi connectivity index (χ3n) is 5.87. The van der Waals surface area contributed by atoms with Gasteiger partial charge in [-0.3, -0.25) is 4.90 Å². The molecule has 3 fully saturated rings. The van der Waals surface area contributed by atoms with Gasteiger partial charge in [0.15, 0.2) is 0 Å². The number of hydrogen-bond donors (Lipinski definition) is 5. The Morgan fingerprint density at radius 1 is 1.11 bits per heavy atom. The second-order valence-corrected chi connectivity index (χ2v) is 7.90. The van der Waals surface area contributed by atoms with Crippen LogP contribution in [0.4, 0.5) is 9.18 Å². The third-order valence-corrected chi connectivity index (χ3v) is 5.87. The van der Waals surface area contributed by atoms with E-state index in [1.807, 2.05) is 12.1 Å². The first kappa shape index (κ1) is 18.6. The zero-order valence-corrected chi connectivity index (χ0v) is 15.5. The topological polar surface area (TPSA) is 80.5 Å². The van der Waals surface area contributed by atoms with Crippen molar-refractivity contribution in [2.75, 3.05) is 13.1 Å². The van der Waals surface area contributed by atoms with Crippen molar-refractivity contribution in [1.29, 1.82) is 0 Å². The van der Waals surface area contributed by atoms with E-state index in [9.17, 15) is 9.18 Å². The Bertz CT molecular complexity index is 642. The first-order chi connectivity index (χ1) is 13.2. The Labute approximate surface area is 159 Å². The summed E-state index contributed by atoms with van der Waals surface area (Å²) in [6.45, 7) is 2.61. The van der Waals surface area contributed by atoms with Crippen LogP contribution in [0.25, 0.3) is 0 Å². The van der Waals surface area contributed by atoms with Crippen LogP contribution in [0.5, 0.6) is 0 Å². The molecule has 2 aliphatic heterocycles. The van der Waals surface area contributed by atoms with E-state index in [4.69, 9.17) is 0 Å². The lowest BCUT2D eigenvalue weighted by molar-refractivity contribution is 0.176. The van der Waals surface area contributed by atoms with Crippen LogP contribution in [0, 0.1) is 5.82 Å². The summed E-state index contributed by atoms with van der Waals surface area (Å²) in [6.07, 6.45) is 5.26. The van der Waals surface area contributed by atoms with Gasteiger partial charge in [0.05, 0.1) is 6.04 Å². The molecular weight excluding hydrogens is 347 g/mol. The van der Waals surface area contributed by atoms with Gasteiger partial charge in [-0.1, -0.05) is 12.1 Å². The first-order valence-corrected chi connectivity index (χ1v) is 9.97. The molecule has 0 bridgehead atoms. The fourth-order valence-corrected chi connectivity index (χ4v) is 4.50. The molecule has 2 saturated heterocycles. The standard InChI is InChI=1S/C19H29FN6O/c20-14-8-6-13(7-9-14)11-26-10-2-3-15(12-26)21-19(27)22-16-4-1-5-17-18(16)24-25-23-17/h6-9,15-18,23-25H,1-5,10-12H2,(H2,21,22,27). The molecular formula is C19H29FN6O. The van der Waals surface area contributed by atoms with E-state index < -0.39 is 0 Å². The predicted octanol–water partition coefficient (Wildman–Crippen LogP) is 0.991. The van der Waals surface area contributed by atoms with E-state index in [1.165, 1.54) is 12.1 Å². The van der Waals surface area contributed by atoms with Crippen molar-refractivity contribution in [3.63, 3.8) is 0 Å². The number of amides is 2. The van der Waals surface area contributed by atoms with Crippen LogP contribution in [-0.2, 0) is 6.54 Å². The van der Waals surface area contributed by atoms with Crippen molar-refractivity contribution in [3.05, 3.63) is 35.6 Å². The summed E-state index contributed by atoms with van der Waals surface area (Å²) in [7, 11) is 0. The first-order valence-electron chi connectivity index (χ1n) is 9.97. The van der Waals surface area contributed by atoms with Crippen molar-refractivity contribution in [2.24, 2.45) is 0 Å². The van der Waals surface area contributed by atoms with Crippen LogP contribution in [-0.4, -0.2) is 48.2 Å². The van der Waals surface area contributed by atoms with Crippen molar-refractivity contribution >= 4 is 6.03 Å². The number of urea groups is 1. The number of carbonyl (C=O) groups is 1. The van der Waals surface area contributed by atoms with Gasteiger partial charge in [0, 0.05) is 31.2 Å². The van der Waals surface area contributed by atoms with Gasteiger partial charge in [-0.05, 0) is 56.3 Å². The third kappa shape index (κ3) is 4.76. The molecule has 5 N–H and O–H groups in total. The molecule has 3 aliphatic rings. The molecule has 4 unspecified atom stereocenters. The summed E-state index contributed by atoms with van der Waals surface area (Å²) in [6, 6.07) is 7.45. The Balaban J connectivity index is 1.26.